The molecule has 0 aliphatic rings. The number of carbonyl (C=O) groups is 2. The second-order valence-electron chi connectivity index (χ2n) is 4.28. The van der Waals surface area contributed by atoms with Crippen LogP contribution in [-0.2, 0) is 4.79 Å². The number of benzene rings is 1. The Hall–Kier alpha value is -2.25. The lowest BCUT2D eigenvalue weighted by Crippen LogP contribution is -2.21. The molecule has 0 spiro atoms. The minimum absolute atomic E-state index is 0.00764. The van der Waals surface area contributed by atoms with Crippen molar-refractivity contribution in [3.63, 3.8) is 0 Å². The lowest BCUT2D eigenvalue weighted by atomic mass is 10.0. The van der Waals surface area contributed by atoms with E-state index in [1.807, 2.05) is 0 Å². The number of Topliss-reactive ketones (excluding diaryl/α,β-unsaturated/α-hetero) is 1. The Labute approximate surface area is 134 Å². The predicted molar refractivity (Wildman–Crippen MR) is 85.9 cm³/mol. The topological polar surface area (TPSA) is 96.0 Å². The molecule has 0 saturated carbocycles. The summed E-state index contributed by atoms with van der Waals surface area (Å²) in [6.07, 6.45) is 0. The van der Waals surface area contributed by atoms with Crippen LogP contribution in [0.1, 0.15) is 15.9 Å². The van der Waals surface area contributed by atoms with Gasteiger partial charge in [0.15, 0.2) is 6.67 Å². The van der Waals surface area contributed by atoms with Crippen LogP contribution in [0.3, 0.4) is 0 Å². The lowest BCUT2D eigenvalue weighted by Gasteiger charge is -2.07. The van der Waals surface area contributed by atoms with Crippen molar-refractivity contribution >= 4 is 51.0 Å². The fraction of sp³-hybridized carbons (Fsp3) is 0.0714. The Kier molecular flexibility index (Phi) is 4.89. The number of nitrogen functional groups attached to an aromatic ring is 1. The number of thiophene rings is 1. The van der Waals surface area contributed by atoms with Crippen molar-refractivity contribution < 1.29 is 14.0 Å². The second-order valence-corrected chi connectivity index (χ2v) is 5.63. The number of anilines is 2. The Morgan fingerprint density at radius 3 is 2.55 bits per heavy atom. The SMILES string of the molecule is N=C(C(=O)CF)c1csc(N)c1C(=O)Nc1ccc(Cl)cc1. The van der Waals surface area contributed by atoms with Gasteiger partial charge < -0.3 is 11.1 Å². The maximum absolute atomic E-state index is 12.4. The van der Waals surface area contributed by atoms with Crippen molar-refractivity contribution in [2.24, 2.45) is 0 Å². The van der Waals surface area contributed by atoms with Crippen molar-refractivity contribution in [1.29, 1.82) is 5.41 Å². The Morgan fingerprint density at radius 1 is 1.32 bits per heavy atom. The molecule has 0 bridgehead atoms. The molecule has 5 nitrogen and oxygen atoms in total. The number of carbonyl (C=O) groups excluding carboxylic acids is 2. The molecule has 1 amide bonds. The van der Waals surface area contributed by atoms with Gasteiger partial charge in [-0.25, -0.2) is 4.39 Å². The number of amides is 1. The summed E-state index contributed by atoms with van der Waals surface area (Å²) in [5.74, 6) is -1.58. The first kappa shape index (κ1) is 16.1. The zero-order valence-corrected chi connectivity index (χ0v) is 12.7. The molecule has 1 aromatic carbocycles. The zero-order valence-electron chi connectivity index (χ0n) is 11.2. The number of rotatable bonds is 5. The molecule has 1 aromatic heterocycles. The van der Waals surface area contributed by atoms with Crippen LogP contribution in [-0.4, -0.2) is 24.1 Å². The molecular formula is C14H11ClFN3O2S. The van der Waals surface area contributed by atoms with Crippen LogP contribution in [0.15, 0.2) is 29.6 Å². The van der Waals surface area contributed by atoms with Crippen molar-refractivity contribution in [3.8, 4) is 0 Å². The minimum atomic E-state index is -1.30. The number of nitrogens with two attached hydrogens (primary N) is 1. The van der Waals surface area contributed by atoms with Crippen LogP contribution in [0, 0.1) is 5.41 Å². The molecule has 4 N–H and O–H groups in total. The fourth-order valence-corrected chi connectivity index (χ4v) is 2.66. The van der Waals surface area contributed by atoms with Gasteiger partial charge in [0.25, 0.3) is 5.91 Å². The van der Waals surface area contributed by atoms with Gasteiger partial charge in [0.2, 0.25) is 5.78 Å². The van der Waals surface area contributed by atoms with E-state index in [1.165, 1.54) is 5.38 Å². The summed E-state index contributed by atoms with van der Waals surface area (Å²) < 4.78 is 12.4. The summed E-state index contributed by atoms with van der Waals surface area (Å²) in [4.78, 5) is 23.6. The number of alkyl halides is 1. The van der Waals surface area contributed by atoms with Crippen molar-refractivity contribution in [1.82, 2.24) is 0 Å². The van der Waals surface area contributed by atoms with Gasteiger partial charge >= 0.3 is 0 Å². The minimum Gasteiger partial charge on any atom is -0.390 e. The molecule has 8 heteroatoms. The maximum atomic E-state index is 12.4. The average Bonchev–Trinajstić information content (AvgIpc) is 2.89. The molecule has 0 aliphatic carbocycles. The number of halogens is 2. The van der Waals surface area contributed by atoms with Gasteiger partial charge in [0.1, 0.15) is 5.71 Å². The number of nitrogens with one attached hydrogen (secondary N) is 2. The number of ketones is 1. The smallest absolute Gasteiger partial charge is 0.259 e. The van der Waals surface area contributed by atoms with Crippen molar-refractivity contribution in [2.45, 2.75) is 0 Å². The molecule has 0 radical (unpaired) electrons. The first-order valence-electron chi connectivity index (χ1n) is 6.06. The van der Waals surface area contributed by atoms with Gasteiger partial charge in [-0.15, -0.1) is 11.3 Å². The molecule has 0 fully saturated rings. The van der Waals surface area contributed by atoms with E-state index in [9.17, 15) is 14.0 Å². The third-order valence-electron chi connectivity index (χ3n) is 2.82. The van der Waals surface area contributed by atoms with Gasteiger partial charge in [0, 0.05) is 21.7 Å². The van der Waals surface area contributed by atoms with Crippen molar-refractivity contribution in [2.75, 3.05) is 17.7 Å². The summed E-state index contributed by atoms with van der Waals surface area (Å²) in [7, 11) is 0. The quantitative estimate of drug-likeness (QED) is 0.730. The van der Waals surface area contributed by atoms with Crippen molar-refractivity contribution in [3.05, 3.63) is 45.8 Å². The van der Waals surface area contributed by atoms with E-state index >= 15 is 0 Å². The van der Waals surface area contributed by atoms with Gasteiger partial charge in [-0.1, -0.05) is 11.6 Å². The van der Waals surface area contributed by atoms with E-state index in [0.29, 0.717) is 10.7 Å². The highest BCUT2D eigenvalue weighted by Gasteiger charge is 2.23. The molecule has 0 atom stereocenters. The third kappa shape index (κ3) is 3.32. The highest BCUT2D eigenvalue weighted by Crippen LogP contribution is 2.27. The molecule has 2 rings (SSSR count). The van der Waals surface area contributed by atoms with Gasteiger partial charge in [-0.2, -0.15) is 0 Å². The van der Waals surface area contributed by atoms with E-state index in [4.69, 9.17) is 22.7 Å². The average molecular weight is 340 g/mol. The molecule has 0 aliphatic heterocycles. The standard InChI is InChI=1S/C14H11ClFN3O2S/c15-7-1-3-8(4-2-7)19-14(21)11-9(6-22-13(11)18)12(17)10(20)5-16/h1-4,6,17H,5,18H2,(H,19,21). The molecular weight excluding hydrogens is 329 g/mol. The Morgan fingerprint density at radius 2 is 1.95 bits per heavy atom. The number of hydrogen-bond donors (Lipinski definition) is 3. The molecule has 0 saturated heterocycles. The van der Waals surface area contributed by atoms with E-state index < -0.39 is 24.1 Å². The molecule has 1 heterocycles. The molecule has 0 unspecified atom stereocenters. The second kappa shape index (κ2) is 6.67. The van der Waals surface area contributed by atoms with E-state index in [1.54, 1.807) is 24.3 Å². The predicted octanol–water partition coefficient (Wildman–Crippen LogP) is 3.14. The van der Waals surface area contributed by atoms with Crippen LogP contribution < -0.4 is 11.1 Å². The van der Waals surface area contributed by atoms with Crippen LogP contribution in [0.4, 0.5) is 15.1 Å². The van der Waals surface area contributed by atoms with Gasteiger partial charge in [-0.05, 0) is 24.3 Å². The number of hydrogen-bond acceptors (Lipinski definition) is 5. The lowest BCUT2D eigenvalue weighted by molar-refractivity contribution is -0.113. The van der Waals surface area contributed by atoms with Crippen LogP contribution in [0.2, 0.25) is 5.02 Å². The summed E-state index contributed by atoms with van der Waals surface area (Å²) in [5.41, 5.74) is 5.66. The largest absolute Gasteiger partial charge is 0.390 e. The van der Waals surface area contributed by atoms with Gasteiger partial charge in [-0.3, -0.25) is 15.0 Å². The Balaban J connectivity index is 2.30. The molecule has 22 heavy (non-hydrogen) atoms. The first-order chi connectivity index (χ1) is 10.4. The summed E-state index contributed by atoms with van der Waals surface area (Å²) in [5, 5.41) is 12.3. The third-order valence-corrected chi connectivity index (χ3v) is 3.88. The monoisotopic (exact) mass is 339 g/mol. The van der Waals surface area contributed by atoms with E-state index in [0.717, 1.165) is 11.3 Å². The van der Waals surface area contributed by atoms with Gasteiger partial charge in [0.05, 0.1) is 10.6 Å². The van der Waals surface area contributed by atoms with E-state index in [-0.39, 0.29) is 16.1 Å². The van der Waals surface area contributed by atoms with E-state index in [2.05, 4.69) is 5.32 Å². The summed E-state index contributed by atoms with van der Waals surface area (Å²) in [6.45, 7) is -1.30. The van der Waals surface area contributed by atoms with Crippen LogP contribution in [0.5, 0.6) is 0 Å². The first-order valence-corrected chi connectivity index (χ1v) is 7.31. The fourth-order valence-electron chi connectivity index (χ4n) is 1.73. The maximum Gasteiger partial charge on any atom is 0.259 e. The van der Waals surface area contributed by atoms with Crippen LogP contribution in [0.25, 0.3) is 0 Å². The van der Waals surface area contributed by atoms with Crippen LogP contribution >= 0.6 is 22.9 Å². The molecule has 2 aromatic rings. The normalized spacial score (nSPS) is 10.3. The highest BCUT2D eigenvalue weighted by molar-refractivity contribution is 7.14. The molecule has 114 valence electrons. The Bertz CT molecular complexity index is 743. The highest BCUT2D eigenvalue weighted by atomic mass is 35.5. The zero-order chi connectivity index (χ0) is 16.3. The summed E-state index contributed by atoms with van der Waals surface area (Å²) >= 11 is 6.77. The summed E-state index contributed by atoms with van der Waals surface area (Å²) in [6, 6.07) is 6.40.